The minimum absolute atomic E-state index is 0.163. The highest BCUT2D eigenvalue weighted by molar-refractivity contribution is 5.70. The molecule has 4 heterocycles. The molecule has 6 rings (SSSR count). The Kier molecular flexibility index (Phi) is 8.89. The first-order chi connectivity index (χ1) is 18.8. The Bertz CT molecular complexity index is 1210. The molecule has 0 saturated heterocycles. The first-order valence-electron chi connectivity index (χ1n) is 13.4. The van der Waals surface area contributed by atoms with Gasteiger partial charge in [-0.3, -0.25) is 9.97 Å². The van der Waals surface area contributed by atoms with E-state index in [4.69, 9.17) is 9.47 Å². The van der Waals surface area contributed by atoms with E-state index in [2.05, 4.69) is 81.3 Å². The molecule has 6 heteroatoms. The first kappa shape index (κ1) is 26.2. The third kappa shape index (κ3) is 5.84. The van der Waals surface area contributed by atoms with Crippen LogP contribution in [0.5, 0.6) is 0 Å². The molecule has 0 fully saturated rings. The van der Waals surface area contributed by atoms with Crippen LogP contribution in [0.15, 0.2) is 85.5 Å². The Morgan fingerprint density at radius 2 is 1.05 bits per heavy atom. The number of nitrogens with one attached hydrogen (secondary N) is 2. The van der Waals surface area contributed by atoms with Gasteiger partial charge in [-0.25, -0.2) is 0 Å². The van der Waals surface area contributed by atoms with E-state index in [1.807, 2.05) is 38.9 Å². The molecule has 38 heavy (non-hydrogen) atoms. The van der Waals surface area contributed by atoms with Gasteiger partial charge in [0.1, 0.15) is 0 Å². The maximum Gasteiger partial charge on any atom is 0.0952 e. The average Bonchev–Trinajstić information content (AvgIpc) is 2.98. The van der Waals surface area contributed by atoms with Crippen molar-refractivity contribution in [1.29, 1.82) is 0 Å². The average molecular weight is 509 g/mol. The quantitative estimate of drug-likeness (QED) is 0.375. The minimum atomic E-state index is 0.163. The summed E-state index contributed by atoms with van der Waals surface area (Å²) in [6.07, 6.45) is 9.67. The number of hydrogen-bond acceptors (Lipinski definition) is 6. The van der Waals surface area contributed by atoms with Gasteiger partial charge in [-0.1, -0.05) is 36.4 Å². The molecule has 2 aliphatic heterocycles. The smallest absolute Gasteiger partial charge is 0.0952 e. The fourth-order valence-corrected chi connectivity index (χ4v) is 5.47. The van der Waals surface area contributed by atoms with Crippen molar-refractivity contribution in [1.82, 2.24) is 20.6 Å². The number of likely N-dealkylation sites (N-methyl/N-ethyl adjacent to an activating group) is 2. The SMILES string of the molecule is CNC[C@@H]1OCCc2c(-c3ccncc3)cccc21.CNC[C@H]1OCCc2c(-c3ccncc3)cccc21. The van der Waals surface area contributed by atoms with Crippen molar-refractivity contribution in [3.05, 3.63) is 108 Å². The van der Waals surface area contributed by atoms with Crippen LogP contribution in [0.1, 0.15) is 34.5 Å². The zero-order valence-corrected chi connectivity index (χ0v) is 22.2. The van der Waals surface area contributed by atoms with Crippen LogP contribution in [-0.4, -0.2) is 50.4 Å². The normalized spacial score (nSPS) is 18.1. The third-order valence-electron chi connectivity index (χ3n) is 7.22. The van der Waals surface area contributed by atoms with Gasteiger partial charge in [-0.2, -0.15) is 0 Å². The van der Waals surface area contributed by atoms with Crippen LogP contribution in [-0.2, 0) is 22.3 Å². The van der Waals surface area contributed by atoms with E-state index in [1.165, 1.54) is 44.5 Å². The Labute approximate surface area is 225 Å². The zero-order valence-electron chi connectivity index (χ0n) is 22.2. The van der Waals surface area contributed by atoms with Crippen molar-refractivity contribution in [2.75, 3.05) is 40.4 Å². The second-order valence-electron chi connectivity index (χ2n) is 9.55. The van der Waals surface area contributed by atoms with Gasteiger partial charge in [-0.05, 0) is 95.7 Å². The molecule has 0 radical (unpaired) electrons. The van der Waals surface area contributed by atoms with Crippen molar-refractivity contribution < 1.29 is 9.47 Å². The number of ether oxygens (including phenoxy) is 2. The molecule has 2 aromatic carbocycles. The zero-order chi connectivity index (χ0) is 26.2. The highest BCUT2D eigenvalue weighted by atomic mass is 16.5. The lowest BCUT2D eigenvalue weighted by atomic mass is 9.90. The van der Waals surface area contributed by atoms with E-state index < -0.39 is 0 Å². The van der Waals surface area contributed by atoms with Crippen LogP contribution in [0.3, 0.4) is 0 Å². The van der Waals surface area contributed by atoms with E-state index in [-0.39, 0.29) is 12.2 Å². The van der Waals surface area contributed by atoms with E-state index in [1.54, 1.807) is 0 Å². The molecule has 0 aliphatic carbocycles. The summed E-state index contributed by atoms with van der Waals surface area (Å²) in [5.41, 5.74) is 10.5. The topological polar surface area (TPSA) is 68.3 Å². The maximum atomic E-state index is 5.86. The predicted octanol–water partition coefficient (Wildman–Crippen LogP) is 5.16. The number of fused-ring (bicyclic) bond motifs is 2. The Morgan fingerprint density at radius 1 is 0.632 bits per heavy atom. The summed E-state index contributed by atoms with van der Waals surface area (Å²) in [7, 11) is 3.93. The van der Waals surface area contributed by atoms with E-state index in [0.717, 1.165) is 39.1 Å². The fourth-order valence-electron chi connectivity index (χ4n) is 5.47. The van der Waals surface area contributed by atoms with Gasteiger partial charge in [0.05, 0.1) is 25.4 Å². The lowest BCUT2D eigenvalue weighted by Crippen LogP contribution is -2.25. The van der Waals surface area contributed by atoms with Gasteiger partial charge in [0.15, 0.2) is 0 Å². The van der Waals surface area contributed by atoms with Crippen LogP contribution in [0.4, 0.5) is 0 Å². The lowest BCUT2D eigenvalue weighted by molar-refractivity contribution is 0.0439. The van der Waals surface area contributed by atoms with Crippen LogP contribution in [0, 0.1) is 0 Å². The summed E-state index contributed by atoms with van der Waals surface area (Å²) in [5, 5.41) is 6.41. The van der Waals surface area contributed by atoms with Gasteiger partial charge in [0, 0.05) is 37.9 Å². The van der Waals surface area contributed by atoms with Gasteiger partial charge in [0.25, 0.3) is 0 Å². The maximum absolute atomic E-state index is 5.86. The number of benzene rings is 2. The molecule has 0 saturated carbocycles. The number of aromatic nitrogens is 2. The molecule has 2 aromatic heterocycles. The molecule has 0 bridgehead atoms. The minimum Gasteiger partial charge on any atom is -0.372 e. The number of pyridine rings is 2. The molecule has 2 N–H and O–H groups in total. The molecule has 2 aliphatic rings. The van der Waals surface area contributed by atoms with Crippen molar-refractivity contribution in [3.63, 3.8) is 0 Å². The van der Waals surface area contributed by atoms with Crippen LogP contribution >= 0.6 is 0 Å². The van der Waals surface area contributed by atoms with Gasteiger partial charge < -0.3 is 20.1 Å². The second kappa shape index (κ2) is 12.9. The van der Waals surface area contributed by atoms with Crippen molar-refractivity contribution in [2.45, 2.75) is 25.0 Å². The monoisotopic (exact) mass is 508 g/mol. The molecular formula is C32H36N4O2. The molecule has 2 atom stereocenters. The lowest BCUT2D eigenvalue weighted by Gasteiger charge is -2.27. The number of nitrogens with zero attached hydrogens (tertiary/aromatic N) is 2. The van der Waals surface area contributed by atoms with Gasteiger partial charge in [-0.15, -0.1) is 0 Å². The van der Waals surface area contributed by atoms with Crippen LogP contribution in [0.25, 0.3) is 22.3 Å². The highest BCUT2D eigenvalue weighted by Crippen LogP contribution is 2.35. The molecule has 0 amide bonds. The Morgan fingerprint density at radius 3 is 1.45 bits per heavy atom. The summed E-state index contributed by atoms with van der Waals surface area (Å²) in [6, 6.07) is 21.2. The van der Waals surface area contributed by atoms with Gasteiger partial charge in [0.2, 0.25) is 0 Å². The molecule has 4 aromatic rings. The van der Waals surface area contributed by atoms with Crippen molar-refractivity contribution in [3.8, 4) is 22.3 Å². The van der Waals surface area contributed by atoms with E-state index in [9.17, 15) is 0 Å². The van der Waals surface area contributed by atoms with Crippen molar-refractivity contribution >= 4 is 0 Å². The number of hydrogen-bond donors (Lipinski definition) is 2. The summed E-state index contributed by atoms with van der Waals surface area (Å²) in [5.74, 6) is 0. The van der Waals surface area contributed by atoms with Gasteiger partial charge >= 0.3 is 0 Å². The predicted molar refractivity (Wildman–Crippen MR) is 152 cm³/mol. The standard InChI is InChI=1S/2C16H18N2O/c2*1-17-11-16-15-4-2-3-13(14(15)7-10-19-16)12-5-8-18-9-6-12/h2*2-6,8-9,16-17H,7,10-11H2,1H3/t2*16-/m10/s1. The molecule has 196 valence electrons. The largest absolute Gasteiger partial charge is 0.372 e. The highest BCUT2D eigenvalue weighted by Gasteiger charge is 2.23. The summed E-state index contributed by atoms with van der Waals surface area (Å²) < 4.78 is 11.7. The third-order valence-corrected chi connectivity index (χ3v) is 7.22. The molecular weight excluding hydrogens is 472 g/mol. The number of rotatable bonds is 6. The Hall–Kier alpha value is -3.42. The summed E-state index contributed by atoms with van der Waals surface area (Å²) >= 11 is 0. The summed E-state index contributed by atoms with van der Waals surface area (Å²) in [4.78, 5) is 8.19. The van der Waals surface area contributed by atoms with E-state index >= 15 is 0 Å². The first-order valence-corrected chi connectivity index (χ1v) is 13.4. The fraction of sp³-hybridized carbons (Fsp3) is 0.312. The van der Waals surface area contributed by atoms with Crippen LogP contribution in [0.2, 0.25) is 0 Å². The molecule has 0 spiro atoms. The Balaban J connectivity index is 0.000000155. The van der Waals surface area contributed by atoms with Crippen LogP contribution < -0.4 is 10.6 Å². The second-order valence-corrected chi connectivity index (χ2v) is 9.55. The van der Waals surface area contributed by atoms with Crippen molar-refractivity contribution in [2.24, 2.45) is 0 Å². The molecule has 0 unspecified atom stereocenters. The molecule has 6 nitrogen and oxygen atoms in total. The summed E-state index contributed by atoms with van der Waals surface area (Å²) in [6.45, 7) is 3.29. The van der Waals surface area contributed by atoms with E-state index in [0.29, 0.717) is 0 Å².